The second-order valence-corrected chi connectivity index (χ2v) is 12.9. The molecule has 1 fully saturated rings. The zero-order valence-electron chi connectivity index (χ0n) is 22.9. The fraction of sp³-hybridized carbons (Fsp3) is 0.500. The number of carbonyl (C=O) groups is 2. The average molecular weight is 637 g/mol. The highest BCUT2D eigenvalue weighted by molar-refractivity contribution is 7.92. The van der Waals surface area contributed by atoms with E-state index in [0.29, 0.717) is 15.6 Å². The molecule has 0 radical (unpaired) electrons. The number of hydrogen-bond acceptors (Lipinski definition) is 4. The van der Waals surface area contributed by atoms with Crippen LogP contribution in [-0.4, -0.2) is 50.0 Å². The van der Waals surface area contributed by atoms with Crippen LogP contribution in [0.2, 0.25) is 10.0 Å². The van der Waals surface area contributed by atoms with Gasteiger partial charge in [0.05, 0.1) is 17.5 Å². The Morgan fingerprint density at radius 3 is 2.24 bits per heavy atom. The van der Waals surface area contributed by atoms with Crippen molar-refractivity contribution < 1.29 is 31.2 Å². The minimum atomic E-state index is -4.65. The summed E-state index contributed by atoms with van der Waals surface area (Å²) in [5, 5.41) is 3.67. The highest BCUT2D eigenvalue weighted by atomic mass is 35.5. The monoisotopic (exact) mass is 635 g/mol. The second-order valence-electron chi connectivity index (χ2n) is 10.2. The first-order valence-electron chi connectivity index (χ1n) is 13.4. The Hall–Kier alpha value is -2.50. The molecule has 2 aromatic rings. The number of nitrogens with zero attached hydrogens (tertiary/aromatic N) is 2. The molecule has 1 N–H and O–H groups in total. The lowest BCUT2D eigenvalue weighted by molar-refractivity contribution is -0.141. The van der Waals surface area contributed by atoms with Crippen LogP contribution < -0.4 is 9.62 Å². The Kier molecular flexibility index (Phi) is 11.4. The molecule has 1 saturated carbocycles. The van der Waals surface area contributed by atoms with Crippen LogP contribution in [-0.2, 0) is 32.3 Å². The maximum atomic E-state index is 13.5. The molecule has 3 rings (SSSR count). The van der Waals surface area contributed by atoms with E-state index in [0.717, 1.165) is 60.9 Å². The maximum absolute atomic E-state index is 13.5. The molecule has 0 spiro atoms. The highest BCUT2D eigenvalue weighted by Gasteiger charge is 2.32. The second kappa shape index (κ2) is 14.1. The Labute approximate surface area is 249 Å². The smallest absolute Gasteiger partial charge is 0.352 e. The number of sulfonamides is 1. The number of amides is 2. The van der Waals surface area contributed by atoms with Crippen molar-refractivity contribution in [2.24, 2.45) is 0 Å². The lowest BCUT2D eigenvalue weighted by Crippen LogP contribution is -2.50. The number of anilines is 1. The Morgan fingerprint density at radius 2 is 1.66 bits per heavy atom. The van der Waals surface area contributed by atoms with Crippen molar-refractivity contribution in [3.8, 4) is 0 Å². The molecular weight excluding hydrogens is 602 g/mol. The predicted octanol–water partition coefficient (Wildman–Crippen LogP) is 6.42. The fourth-order valence-electron chi connectivity index (χ4n) is 4.85. The van der Waals surface area contributed by atoms with Crippen LogP contribution in [0.3, 0.4) is 0 Å². The molecule has 226 valence electrons. The standard InChI is InChI=1S/C28H34Cl2F3N3O4S/c1-19(27(38)34-21-10-4-3-5-11-21)35(18-23-24(29)13-7-14-25(23)30)26(37)15-8-16-36(41(2,39)40)22-12-6-9-20(17-22)28(31,32)33/h6-7,9,12-14,17,19,21H,3-5,8,10-11,15-16,18H2,1-2H3,(H,34,38). The molecule has 41 heavy (non-hydrogen) atoms. The van der Waals surface area contributed by atoms with Gasteiger partial charge in [0.1, 0.15) is 6.04 Å². The van der Waals surface area contributed by atoms with Crippen molar-refractivity contribution in [3.05, 3.63) is 63.6 Å². The van der Waals surface area contributed by atoms with E-state index in [4.69, 9.17) is 23.2 Å². The van der Waals surface area contributed by atoms with E-state index in [9.17, 15) is 31.2 Å². The van der Waals surface area contributed by atoms with Crippen LogP contribution in [0.4, 0.5) is 18.9 Å². The van der Waals surface area contributed by atoms with Crippen LogP contribution >= 0.6 is 23.2 Å². The summed E-state index contributed by atoms with van der Waals surface area (Å²) in [5.41, 5.74) is -0.682. The number of nitrogens with one attached hydrogen (secondary N) is 1. The minimum absolute atomic E-state index is 0.00807. The van der Waals surface area contributed by atoms with E-state index in [-0.39, 0.29) is 43.6 Å². The third-order valence-corrected chi connectivity index (χ3v) is 9.02. The van der Waals surface area contributed by atoms with Gasteiger partial charge in [-0.2, -0.15) is 13.2 Å². The quantitative estimate of drug-likeness (QED) is 0.308. The van der Waals surface area contributed by atoms with Gasteiger partial charge in [0, 0.05) is 41.2 Å². The molecule has 1 aliphatic carbocycles. The third-order valence-electron chi connectivity index (χ3n) is 7.12. The molecule has 2 amide bonds. The summed E-state index contributed by atoms with van der Waals surface area (Å²) in [5.74, 6) is -0.778. The lowest BCUT2D eigenvalue weighted by Gasteiger charge is -2.32. The largest absolute Gasteiger partial charge is 0.416 e. The van der Waals surface area contributed by atoms with Gasteiger partial charge < -0.3 is 10.2 Å². The van der Waals surface area contributed by atoms with E-state index in [2.05, 4.69) is 5.32 Å². The van der Waals surface area contributed by atoms with Crippen molar-refractivity contribution in [1.29, 1.82) is 0 Å². The van der Waals surface area contributed by atoms with Gasteiger partial charge in [0.15, 0.2) is 0 Å². The Balaban J connectivity index is 1.78. The topological polar surface area (TPSA) is 86.8 Å². The summed E-state index contributed by atoms with van der Waals surface area (Å²) < 4.78 is 65.5. The SMILES string of the molecule is CC(C(=O)NC1CCCCC1)N(Cc1c(Cl)cccc1Cl)C(=O)CCCN(c1cccc(C(F)(F)F)c1)S(C)(=O)=O. The van der Waals surface area contributed by atoms with E-state index < -0.39 is 33.7 Å². The zero-order valence-corrected chi connectivity index (χ0v) is 25.2. The molecular formula is C28H34Cl2F3N3O4S. The van der Waals surface area contributed by atoms with Crippen molar-refractivity contribution in [2.45, 2.75) is 76.7 Å². The van der Waals surface area contributed by atoms with Crippen LogP contribution in [0.5, 0.6) is 0 Å². The first-order valence-corrected chi connectivity index (χ1v) is 16.0. The van der Waals surface area contributed by atoms with Gasteiger partial charge in [-0.1, -0.05) is 54.6 Å². The van der Waals surface area contributed by atoms with E-state index in [1.54, 1.807) is 25.1 Å². The summed E-state index contributed by atoms with van der Waals surface area (Å²) in [6.45, 7) is 1.31. The fourth-order valence-corrected chi connectivity index (χ4v) is 6.32. The van der Waals surface area contributed by atoms with E-state index >= 15 is 0 Å². The summed E-state index contributed by atoms with van der Waals surface area (Å²) in [6, 6.07) is 8.05. The number of halogens is 5. The summed E-state index contributed by atoms with van der Waals surface area (Å²) in [7, 11) is -3.96. The number of hydrogen-bond donors (Lipinski definition) is 1. The van der Waals surface area contributed by atoms with Crippen molar-refractivity contribution in [1.82, 2.24) is 10.2 Å². The van der Waals surface area contributed by atoms with Gasteiger partial charge in [0.25, 0.3) is 0 Å². The first kappa shape index (κ1) is 33.0. The molecule has 0 bridgehead atoms. The number of benzene rings is 2. The number of rotatable bonds is 11. The summed E-state index contributed by atoms with van der Waals surface area (Å²) >= 11 is 12.7. The highest BCUT2D eigenvalue weighted by Crippen LogP contribution is 2.32. The van der Waals surface area contributed by atoms with E-state index in [1.807, 2.05) is 0 Å². The van der Waals surface area contributed by atoms with Crippen molar-refractivity contribution >= 4 is 50.7 Å². The molecule has 13 heteroatoms. The first-order chi connectivity index (χ1) is 19.2. The zero-order chi connectivity index (χ0) is 30.4. The van der Waals surface area contributed by atoms with Crippen LogP contribution in [0.25, 0.3) is 0 Å². The average Bonchev–Trinajstić information content (AvgIpc) is 2.90. The van der Waals surface area contributed by atoms with Crippen LogP contribution in [0.15, 0.2) is 42.5 Å². The lowest BCUT2D eigenvalue weighted by atomic mass is 9.95. The predicted molar refractivity (Wildman–Crippen MR) is 154 cm³/mol. The van der Waals surface area contributed by atoms with Gasteiger partial charge in [-0.25, -0.2) is 8.42 Å². The molecule has 1 atom stereocenters. The van der Waals surface area contributed by atoms with E-state index in [1.165, 1.54) is 11.0 Å². The Morgan fingerprint density at radius 1 is 1.05 bits per heavy atom. The third kappa shape index (κ3) is 9.24. The minimum Gasteiger partial charge on any atom is -0.352 e. The maximum Gasteiger partial charge on any atom is 0.416 e. The molecule has 7 nitrogen and oxygen atoms in total. The van der Waals surface area contributed by atoms with Gasteiger partial charge in [0.2, 0.25) is 21.8 Å². The van der Waals surface area contributed by atoms with Crippen LogP contribution in [0.1, 0.15) is 63.0 Å². The summed E-state index contributed by atoms with van der Waals surface area (Å²) in [6.07, 6.45) is 0.921. The molecule has 1 unspecified atom stereocenters. The van der Waals surface area contributed by atoms with Crippen LogP contribution in [0, 0.1) is 0 Å². The molecule has 0 heterocycles. The number of carbonyl (C=O) groups excluding carboxylic acids is 2. The molecule has 1 aliphatic rings. The summed E-state index contributed by atoms with van der Waals surface area (Å²) in [4.78, 5) is 28.0. The molecule has 2 aromatic carbocycles. The molecule has 0 saturated heterocycles. The van der Waals surface area contributed by atoms with Gasteiger partial charge in [-0.3, -0.25) is 13.9 Å². The normalized spacial score (nSPS) is 15.3. The Bertz CT molecular complexity index is 1310. The number of alkyl halides is 3. The van der Waals surface area contributed by atoms with Gasteiger partial charge in [-0.05, 0) is 56.5 Å². The molecule has 0 aromatic heterocycles. The van der Waals surface area contributed by atoms with Gasteiger partial charge >= 0.3 is 6.18 Å². The van der Waals surface area contributed by atoms with Crippen molar-refractivity contribution in [3.63, 3.8) is 0 Å². The molecule has 0 aliphatic heterocycles. The van der Waals surface area contributed by atoms with Gasteiger partial charge in [-0.15, -0.1) is 0 Å². The van der Waals surface area contributed by atoms with Crippen molar-refractivity contribution in [2.75, 3.05) is 17.1 Å².